The Morgan fingerprint density at radius 2 is 1.09 bits per heavy atom. The molecule has 0 spiro atoms. The maximum absolute atomic E-state index is 13.0. The first kappa shape index (κ1) is 50.3. The van der Waals surface area contributed by atoms with Gasteiger partial charge in [0.1, 0.15) is 23.3 Å². The van der Waals surface area contributed by atoms with E-state index in [0.717, 1.165) is 45.3 Å². The normalized spacial score (nSPS) is 25.6. The van der Waals surface area contributed by atoms with Crippen LogP contribution in [-0.4, -0.2) is 151 Å². The third kappa shape index (κ3) is 13.1. The van der Waals surface area contributed by atoms with Gasteiger partial charge in [0.05, 0.1) is 25.4 Å². The molecule has 15 heteroatoms. The number of hydrogen-bond donors (Lipinski definition) is 0. The van der Waals surface area contributed by atoms with Crippen LogP contribution in [0.5, 0.6) is 0 Å². The fourth-order valence-electron chi connectivity index (χ4n) is 8.24. The summed E-state index contributed by atoms with van der Waals surface area (Å²) in [6.07, 6.45) is 3.80. The molecule has 0 saturated carbocycles. The van der Waals surface area contributed by atoms with E-state index in [9.17, 15) is 19.2 Å². The summed E-state index contributed by atoms with van der Waals surface area (Å²) in [6.45, 7) is 35.6. The SMILES string of the molecule is C=CC[C@H]1[C@@H](C(=O)OC)N(C(=O)OC(C)(C)C)C[C@@H]1N(CC)CC.CCN(CC)[C@H]1CN(C(=O)OC(C)(C)C)[C@H](C(=O)OC)[C@@H]1CCCB1OC(C)(C)C(C)(C)O1. The first-order valence-electron chi connectivity index (χ1n) is 21.0. The Balaban J connectivity index is 0.000000414. The lowest BCUT2D eigenvalue weighted by atomic mass is 9.79. The zero-order valence-corrected chi connectivity index (χ0v) is 38.3. The summed E-state index contributed by atoms with van der Waals surface area (Å²) < 4.78 is 33.6. The Bertz CT molecular complexity index is 1320. The molecular formula is C42H77BN4O10. The van der Waals surface area contributed by atoms with Crippen molar-refractivity contribution in [2.45, 2.75) is 169 Å². The molecule has 0 aromatic rings. The van der Waals surface area contributed by atoms with Crippen molar-refractivity contribution in [1.29, 1.82) is 0 Å². The van der Waals surface area contributed by atoms with Gasteiger partial charge in [-0.2, -0.15) is 0 Å². The van der Waals surface area contributed by atoms with Crippen LogP contribution in [0.25, 0.3) is 0 Å². The average Bonchev–Trinajstić information content (AvgIpc) is 3.73. The lowest BCUT2D eigenvalue weighted by Crippen LogP contribution is -2.46. The smallest absolute Gasteiger partial charge is 0.457 e. The topological polar surface area (TPSA) is 137 Å². The highest BCUT2D eigenvalue weighted by Gasteiger charge is 2.53. The second-order valence-electron chi connectivity index (χ2n) is 18.2. The number of allylic oxidation sites excluding steroid dienone is 1. The first-order chi connectivity index (χ1) is 26.4. The number of rotatable bonds is 14. The number of ether oxygens (including phenoxy) is 4. The lowest BCUT2D eigenvalue weighted by molar-refractivity contribution is -0.148. The standard InChI is InChI=1S/C24H45BN2O6.C18H32N2O4/c1-11-26(12-2)18-16-27(21(29)31-22(3,4)5)19(20(28)30-10)17(18)14-13-15-25-32-23(6,7)24(8,9)33-25;1-8-11-13-14(19(9-2)10-3)12-20(15(13)16(21)23-7)17(22)24-18(4,5)6/h17-19H,11-16H2,1-10H3;8,13-15H,1,9-12H2,2-7H3/t17-,18+,19+;13-,14+,15+/m11/s1. The summed E-state index contributed by atoms with van der Waals surface area (Å²) in [5, 5.41) is 0. The molecule has 0 aromatic carbocycles. The van der Waals surface area contributed by atoms with Crippen molar-refractivity contribution in [2.75, 3.05) is 53.5 Å². The number of esters is 2. The van der Waals surface area contributed by atoms with Gasteiger partial charge in [0.15, 0.2) is 0 Å². The van der Waals surface area contributed by atoms with Crippen LogP contribution in [0, 0.1) is 11.8 Å². The molecule has 328 valence electrons. The molecule has 0 radical (unpaired) electrons. The van der Waals surface area contributed by atoms with E-state index >= 15 is 0 Å². The number of methoxy groups -OCH3 is 2. The van der Waals surface area contributed by atoms with Gasteiger partial charge in [0, 0.05) is 37.0 Å². The van der Waals surface area contributed by atoms with Gasteiger partial charge in [0.2, 0.25) is 0 Å². The van der Waals surface area contributed by atoms with E-state index in [1.165, 1.54) is 19.1 Å². The van der Waals surface area contributed by atoms with E-state index in [2.05, 4.69) is 44.1 Å². The van der Waals surface area contributed by atoms with Crippen LogP contribution in [-0.2, 0) is 37.8 Å². The minimum Gasteiger partial charge on any atom is -0.467 e. The van der Waals surface area contributed by atoms with Gasteiger partial charge in [0.25, 0.3) is 0 Å². The largest absolute Gasteiger partial charge is 0.467 e. The molecule has 0 unspecified atom stereocenters. The van der Waals surface area contributed by atoms with Crippen LogP contribution in [0.4, 0.5) is 9.59 Å². The zero-order valence-electron chi connectivity index (χ0n) is 38.3. The second kappa shape index (κ2) is 20.9. The van der Waals surface area contributed by atoms with Crippen LogP contribution in [0.1, 0.15) is 116 Å². The molecule has 3 heterocycles. The number of carbonyl (C=O) groups is 4. The molecule has 3 saturated heterocycles. The third-order valence-corrected chi connectivity index (χ3v) is 11.7. The van der Waals surface area contributed by atoms with E-state index in [-0.39, 0.29) is 42.2 Å². The Morgan fingerprint density at radius 3 is 1.42 bits per heavy atom. The van der Waals surface area contributed by atoms with Gasteiger partial charge in [-0.15, -0.1) is 6.58 Å². The molecule has 0 N–H and O–H groups in total. The van der Waals surface area contributed by atoms with Crippen molar-refractivity contribution in [3.05, 3.63) is 12.7 Å². The Hall–Kier alpha value is -2.88. The van der Waals surface area contributed by atoms with Crippen LogP contribution in [0.2, 0.25) is 6.32 Å². The fourth-order valence-corrected chi connectivity index (χ4v) is 8.24. The van der Waals surface area contributed by atoms with Gasteiger partial charge in [-0.05, 0) is 115 Å². The van der Waals surface area contributed by atoms with E-state index in [1.54, 1.807) is 11.0 Å². The molecule has 3 aliphatic rings. The molecule has 6 atom stereocenters. The Morgan fingerprint density at radius 1 is 0.719 bits per heavy atom. The van der Waals surface area contributed by atoms with Gasteiger partial charge in [-0.1, -0.05) is 40.2 Å². The van der Waals surface area contributed by atoms with Crippen molar-refractivity contribution in [1.82, 2.24) is 19.6 Å². The molecule has 14 nitrogen and oxygen atoms in total. The number of carbonyl (C=O) groups excluding carboxylic acids is 4. The van der Waals surface area contributed by atoms with Crippen LogP contribution >= 0.6 is 0 Å². The molecule has 0 aliphatic carbocycles. The molecule has 57 heavy (non-hydrogen) atoms. The number of amides is 2. The van der Waals surface area contributed by atoms with Crippen LogP contribution in [0.3, 0.4) is 0 Å². The Kier molecular flexibility index (Phi) is 18.4. The molecule has 3 fully saturated rings. The Labute approximate surface area is 344 Å². The van der Waals surface area contributed by atoms with E-state index in [1.807, 2.05) is 69.2 Å². The van der Waals surface area contributed by atoms with Gasteiger partial charge in [-0.25, -0.2) is 19.2 Å². The molecule has 3 rings (SSSR count). The maximum atomic E-state index is 13.0. The summed E-state index contributed by atoms with van der Waals surface area (Å²) in [4.78, 5) is 58.7. The molecule has 0 aromatic heterocycles. The third-order valence-electron chi connectivity index (χ3n) is 11.7. The van der Waals surface area contributed by atoms with E-state index in [4.69, 9.17) is 28.3 Å². The monoisotopic (exact) mass is 809 g/mol. The quantitative estimate of drug-likeness (QED) is 0.0804. The minimum absolute atomic E-state index is 0.0508. The lowest BCUT2D eigenvalue weighted by Gasteiger charge is -2.32. The van der Waals surface area contributed by atoms with Crippen LogP contribution < -0.4 is 0 Å². The molecule has 0 bridgehead atoms. The van der Waals surface area contributed by atoms with E-state index < -0.39 is 47.4 Å². The number of likely N-dealkylation sites (tertiary alicyclic amines) is 2. The number of likely N-dealkylation sites (N-methyl/N-ethyl adjacent to an activating group) is 2. The van der Waals surface area contributed by atoms with Crippen molar-refractivity contribution in [3.63, 3.8) is 0 Å². The summed E-state index contributed by atoms with van der Waals surface area (Å²) in [6, 6.07) is -1.19. The number of nitrogens with zero attached hydrogens (tertiary/aromatic N) is 4. The summed E-state index contributed by atoms with van der Waals surface area (Å²) in [5.74, 6) is -0.909. The molecular weight excluding hydrogens is 731 g/mol. The van der Waals surface area contributed by atoms with Crippen molar-refractivity contribution >= 4 is 31.2 Å². The highest BCUT2D eigenvalue weighted by atomic mass is 16.7. The van der Waals surface area contributed by atoms with Gasteiger partial charge >= 0.3 is 31.2 Å². The maximum Gasteiger partial charge on any atom is 0.457 e. The van der Waals surface area contributed by atoms with Crippen molar-refractivity contribution < 1.29 is 47.4 Å². The highest BCUT2D eigenvalue weighted by Crippen LogP contribution is 2.40. The van der Waals surface area contributed by atoms with Crippen molar-refractivity contribution in [3.8, 4) is 0 Å². The zero-order chi connectivity index (χ0) is 43.7. The van der Waals surface area contributed by atoms with Gasteiger partial charge < -0.3 is 28.3 Å². The second-order valence-corrected chi connectivity index (χ2v) is 18.2. The summed E-state index contributed by atoms with van der Waals surface area (Å²) in [5.41, 5.74) is -1.98. The first-order valence-corrected chi connectivity index (χ1v) is 21.0. The van der Waals surface area contributed by atoms with Gasteiger partial charge in [-0.3, -0.25) is 19.6 Å². The number of hydrogen-bond acceptors (Lipinski definition) is 12. The minimum atomic E-state index is -0.672. The van der Waals surface area contributed by atoms with E-state index in [0.29, 0.717) is 19.5 Å². The highest BCUT2D eigenvalue weighted by molar-refractivity contribution is 6.45. The predicted octanol–water partition coefficient (Wildman–Crippen LogP) is 6.66. The van der Waals surface area contributed by atoms with Crippen LogP contribution in [0.15, 0.2) is 12.7 Å². The summed E-state index contributed by atoms with van der Waals surface area (Å²) in [7, 11) is 2.45. The molecule has 2 amide bonds. The fraction of sp³-hybridized carbons (Fsp3) is 0.857. The van der Waals surface area contributed by atoms with Crippen molar-refractivity contribution in [2.24, 2.45) is 11.8 Å². The molecule has 3 aliphatic heterocycles. The summed E-state index contributed by atoms with van der Waals surface area (Å²) >= 11 is 0. The average molecular weight is 809 g/mol. The predicted molar refractivity (Wildman–Crippen MR) is 223 cm³/mol.